The van der Waals surface area contributed by atoms with Crippen molar-refractivity contribution in [3.63, 3.8) is 0 Å². The fourth-order valence-electron chi connectivity index (χ4n) is 2.93. The summed E-state index contributed by atoms with van der Waals surface area (Å²) in [5.74, 6) is -0.885. The summed E-state index contributed by atoms with van der Waals surface area (Å²) < 4.78 is 45.9. The number of hydrogen-bond acceptors (Lipinski definition) is 4. The Hall–Kier alpha value is -2.84. The van der Waals surface area contributed by atoms with Gasteiger partial charge in [-0.15, -0.1) is 0 Å². The molecule has 0 radical (unpaired) electrons. The van der Waals surface area contributed by atoms with Crippen LogP contribution in [0.15, 0.2) is 30.5 Å². The third-order valence-electron chi connectivity index (χ3n) is 4.60. The molecule has 9 heteroatoms. The standard InChI is InChI=1S/C19H20F3N3O3/c1-3-28-18(27)15-10-23-25(16(15)19(20,21)22)14-8-6-13(7-9-14)17(26)24-11(2)12-4-5-12/h6-12H,3-5H2,1-2H3,(H,24,26). The molecule has 1 aromatic heterocycles. The lowest BCUT2D eigenvalue weighted by Crippen LogP contribution is -2.33. The van der Waals surface area contributed by atoms with Crippen LogP contribution in [0.3, 0.4) is 0 Å². The van der Waals surface area contributed by atoms with E-state index < -0.39 is 23.4 Å². The van der Waals surface area contributed by atoms with Crippen molar-refractivity contribution in [2.45, 2.75) is 38.9 Å². The second-order valence-electron chi connectivity index (χ2n) is 6.68. The number of rotatable bonds is 6. The molecule has 1 saturated carbocycles. The molecule has 2 aromatic rings. The number of nitrogens with one attached hydrogen (secondary N) is 1. The zero-order valence-electron chi connectivity index (χ0n) is 15.4. The molecule has 1 unspecified atom stereocenters. The average Bonchev–Trinajstić information content (AvgIpc) is 3.39. The van der Waals surface area contributed by atoms with Crippen molar-refractivity contribution in [2.24, 2.45) is 5.92 Å². The van der Waals surface area contributed by atoms with Crippen LogP contribution in [-0.4, -0.2) is 34.3 Å². The van der Waals surface area contributed by atoms with Crippen molar-refractivity contribution in [1.82, 2.24) is 15.1 Å². The number of aromatic nitrogens is 2. The van der Waals surface area contributed by atoms with Crippen molar-refractivity contribution in [3.05, 3.63) is 47.3 Å². The first-order valence-corrected chi connectivity index (χ1v) is 8.96. The zero-order valence-corrected chi connectivity index (χ0v) is 15.4. The van der Waals surface area contributed by atoms with E-state index >= 15 is 0 Å². The van der Waals surface area contributed by atoms with Crippen LogP contribution in [0.2, 0.25) is 0 Å². The Kier molecular flexibility index (Phi) is 5.44. The molecular weight excluding hydrogens is 375 g/mol. The van der Waals surface area contributed by atoms with Gasteiger partial charge in [-0.1, -0.05) is 0 Å². The van der Waals surface area contributed by atoms with Gasteiger partial charge in [0, 0.05) is 11.6 Å². The molecule has 3 rings (SSSR count). The molecule has 0 aliphatic heterocycles. The van der Waals surface area contributed by atoms with Gasteiger partial charge in [-0.05, 0) is 56.9 Å². The SMILES string of the molecule is CCOC(=O)c1cnn(-c2ccc(C(=O)NC(C)C3CC3)cc2)c1C(F)(F)F. The number of amides is 1. The van der Waals surface area contributed by atoms with Gasteiger partial charge < -0.3 is 10.1 Å². The molecular formula is C19H20F3N3O3. The first kappa shape index (κ1) is 19.9. The van der Waals surface area contributed by atoms with Crippen LogP contribution >= 0.6 is 0 Å². The number of esters is 1. The van der Waals surface area contributed by atoms with Crippen LogP contribution < -0.4 is 5.32 Å². The van der Waals surface area contributed by atoms with E-state index in [0.29, 0.717) is 16.2 Å². The molecule has 1 fully saturated rings. The highest BCUT2D eigenvalue weighted by Crippen LogP contribution is 2.34. The van der Waals surface area contributed by atoms with Crippen LogP contribution in [0.1, 0.15) is 53.1 Å². The van der Waals surface area contributed by atoms with Crippen molar-refractivity contribution < 1.29 is 27.5 Å². The minimum atomic E-state index is -4.81. The zero-order chi connectivity index (χ0) is 20.5. The number of carbonyl (C=O) groups is 2. The van der Waals surface area contributed by atoms with E-state index in [2.05, 4.69) is 15.2 Å². The minimum Gasteiger partial charge on any atom is -0.462 e. The van der Waals surface area contributed by atoms with E-state index in [9.17, 15) is 22.8 Å². The van der Waals surface area contributed by atoms with Crippen LogP contribution in [-0.2, 0) is 10.9 Å². The number of ether oxygens (including phenoxy) is 1. The van der Waals surface area contributed by atoms with Crippen molar-refractivity contribution >= 4 is 11.9 Å². The van der Waals surface area contributed by atoms with Gasteiger partial charge in [0.05, 0.1) is 18.5 Å². The molecule has 1 atom stereocenters. The molecule has 6 nitrogen and oxygen atoms in total. The molecule has 1 aliphatic rings. The summed E-state index contributed by atoms with van der Waals surface area (Å²) in [5.41, 5.74) is -1.46. The molecule has 1 heterocycles. The highest BCUT2D eigenvalue weighted by atomic mass is 19.4. The molecule has 0 saturated heterocycles. The molecule has 1 aromatic carbocycles. The van der Waals surface area contributed by atoms with E-state index in [1.54, 1.807) is 0 Å². The van der Waals surface area contributed by atoms with E-state index in [1.807, 2.05) is 6.92 Å². The lowest BCUT2D eigenvalue weighted by molar-refractivity contribution is -0.143. The smallest absolute Gasteiger partial charge is 0.434 e. The predicted octanol–water partition coefficient (Wildman–Crippen LogP) is 3.60. The Labute approximate surface area is 159 Å². The van der Waals surface area contributed by atoms with Gasteiger partial charge >= 0.3 is 12.1 Å². The molecule has 1 amide bonds. The lowest BCUT2D eigenvalue weighted by Gasteiger charge is -2.14. The minimum absolute atomic E-state index is 0.0512. The first-order valence-electron chi connectivity index (χ1n) is 8.96. The number of hydrogen-bond donors (Lipinski definition) is 1. The van der Waals surface area contributed by atoms with Gasteiger partial charge in [0.15, 0.2) is 5.69 Å². The average molecular weight is 395 g/mol. The summed E-state index contributed by atoms with van der Waals surface area (Å²) in [4.78, 5) is 24.1. The molecule has 150 valence electrons. The van der Waals surface area contributed by atoms with Crippen molar-refractivity contribution in [3.8, 4) is 5.69 Å². The highest BCUT2D eigenvalue weighted by Gasteiger charge is 2.41. The highest BCUT2D eigenvalue weighted by molar-refractivity contribution is 5.94. The maximum absolute atomic E-state index is 13.5. The third-order valence-corrected chi connectivity index (χ3v) is 4.60. The van der Waals surface area contributed by atoms with Crippen LogP contribution in [0.4, 0.5) is 13.2 Å². The second kappa shape index (κ2) is 7.65. The van der Waals surface area contributed by atoms with Gasteiger partial charge in [-0.25, -0.2) is 9.48 Å². The van der Waals surface area contributed by atoms with E-state index in [0.717, 1.165) is 19.0 Å². The third kappa shape index (κ3) is 4.18. The maximum Gasteiger partial charge on any atom is 0.434 e. The lowest BCUT2D eigenvalue weighted by atomic mass is 10.1. The van der Waals surface area contributed by atoms with E-state index in [4.69, 9.17) is 0 Å². The molecule has 1 N–H and O–H groups in total. The quantitative estimate of drug-likeness (QED) is 0.759. The Balaban J connectivity index is 1.87. The van der Waals surface area contributed by atoms with Crippen LogP contribution in [0.25, 0.3) is 5.69 Å². The van der Waals surface area contributed by atoms with Crippen LogP contribution in [0.5, 0.6) is 0 Å². The first-order chi connectivity index (χ1) is 13.2. The number of benzene rings is 1. The Morgan fingerprint density at radius 3 is 2.46 bits per heavy atom. The largest absolute Gasteiger partial charge is 0.462 e. The fraction of sp³-hybridized carbons (Fsp3) is 0.421. The summed E-state index contributed by atoms with van der Waals surface area (Å²) in [6, 6.07) is 5.62. The summed E-state index contributed by atoms with van der Waals surface area (Å²) in [6.07, 6.45) is -1.81. The molecule has 1 aliphatic carbocycles. The predicted molar refractivity (Wildman–Crippen MR) is 94.2 cm³/mol. The maximum atomic E-state index is 13.5. The Bertz CT molecular complexity index is 871. The molecule has 0 spiro atoms. The van der Waals surface area contributed by atoms with Crippen molar-refractivity contribution in [1.29, 1.82) is 0 Å². The Morgan fingerprint density at radius 1 is 1.29 bits per heavy atom. The van der Waals surface area contributed by atoms with Gasteiger partial charge in [-0.3, -0.25) is 4.79 Å². The van der Waals surface area contributed by atoms with Crippen LogP contribution in [0, 0.1) is 5.92 Å². The van der Waals surface area contributed by atoms with Crippen molar-refractivity contribution in [2.75, 3.05) is 6.61 Å². The van der Waals surface area contributed by atoms with Gasteiger partial charge in [0.25, 0.3) is 5.91 Å². The van der Waals surface area contributed by atoms with Gasteiger partial charge in [0.2, 0.25) is 0 Å². The van der Waals surface area contributed by atoms with Gasteiger partial charge in [-0.2, -0.15) is 18.3 Å². The van der Waals surface area contributed by atoms with E-state index in [1.165, 1.54) is 31.2 Å². The topological polar surface area (TPSA) is 73.2 Å². The second-order valence-corrected chi connectivity index (χ2v) is 6.68. The number of nitrogens with zero attached hydrogens (tertiary/aromatic N) is 2. The Morgan fingerprint density at radius 2 is 1.93 bits per heavy atom. The monoisotopic (exact) mass is 395 g/mol. The van der Waals surface area contributed by atoms with Gasteiger partial charge in [0.1, 0.15) is 5.56 Å². The summed E-state index contributed by atoms with van der Waals surface area (Å²) in [6.45, 7) is 3.38. The number of carbonyl (C=O) groups excluding carboxylic acids is 2. The summed E-state index contributed by atoms with van der Waals surface area (Å²) in [5, 5.41) is 6.59. The normalized spacial score (nSPS) is 15.2. The van der Waals surface area contributed by atoms with E-state index in [-0.39, 0.29) is 24.2 Å². The number of alkyl halides is 3. The molecule has 28 heavy (non-hydrogen) atoms. The number of halogens is 3. The fourth-order valence-corrected chi connectivity index (χ4v) is 2.93. The summed E-state index contributed by atoms with van der Waals surface area (Å²) >= 11 is 0. The summed E-state index contributed by atoms with van der Waals surface area (Å²) in [7, 11) is 0. The molecule has 0 bridgehead atoms.